The van der Waals surface area contributed by atoms with E-state index >= 15 is 0 Å². The van der Waals surface area contributed by atoms with Gasteiger partial charge in [0, 0.05) is 5.54 Å². The van der Waals surface area contributed by atoms with Gasteiger partial charge in [-0.25, -0.2) is 4.98 Å². The van der Waals surface area contributed by atoms with Crippen molar-refractivity contribution in [3.8, 4) is 0 Å². The zero-order chi connectivity index (χ0) is 17.1. The van der Waals surface area contributed by atoms with E-state index in [2.05, 4.69) is 10.3 Å². The van der Waals surface area contributed by atoms with E-state index in [1.807, 2.05) is 0 Å². The van der Waals surface area contributed by atoms with Crippen LogP contribution in [0.25, 0.3) is 0 Å². The van der Waals surface area contributed by atoms with Gasteiger partial charge in [-0.05, 0) is 62.7 Å². The molecule has 130 valence electrons. The first-order valence-corrected chi connectivity index (χ1v) is 9.65. The Morgan fingerprint density at radius 3 is 2.54 bits per heavy atom. The highest BCUT2D eigenvalue weighted by molar-refractivity contribution is 7.17. The van der Waals surface area contributed by atoms with Crippen molar-refractivity contribution in [3.05, 3.63) is 15.0 Å². The number of amides is 1. The summed E-state index contributed by atoms with van der Waals surface area (Å²) in [5.41, 5.74) is 0.274. The van der Waals surface area contributed by atoms with Crippen LogP contribution in [-0.4, -0.2) is 27.5 Å². The molecule has 5 rings (SSSR count). The lowest BCUT2D eigenvalue weighted by molar-refractivity contribution is -0.147. The van der Waals surface area contributed by atoms with Crippen molar-refractivity contribution in [2.75, 3.05) is 0 Å². The molecule has 2 unspecified atom stereocenters. The van der Waals surface area contributed by atoms with E-state index in [0.29, 0.717) is 26.9 Å². The molecule has 0 aromatic carbocycles. The number of nitrogens with zero attached hydrogens (tertiary/aromatic N) is 1. The van der Waals surface area contributed by atoms with Crippen LogP contribution in [0, 0.1) is 24.2 Å². The highest BCUT2D eigenvalue weighted by Gasteiger charge is 2.58. The molecule has 4 fully saturated rings. The molecule has 2 N–H and O–H groups in total. The molecule has 5 nitrogen and oxygen atoms in total. The van der Waals surface area contributed by atoms with E-state index in [9.17, 15) is 14.7 Å². The predicted molar refractivity (Wildman–Crippen MR) is 91.4 cm³/mol. The lowest BCUT2D eigenvalue weighted by Gasteiger charge is -2.62. The summed E-state index contributed by atoms with van der Waals surface area (Å²) < 4.78 is 0.380. The number of nitrogens with one attached hydrogen (secondary N) is 1. The minimum absolute atomic E-state index is 0.107. The highest BCUT2D eigenvalue weighted by Crippen LogP contribution is 2.62. The summed E-state index contributed by atoms with van der Waals surface area (Å²) in [5.74, 6) is 0.252. The summed E-state index contributed by atoms with van der Waals surface area (Å²) in [6, 6.07) is 0. The smallest absolute Gasteiger partial charge is 0.303 e. The van der Waals surface area contributed by atoms with Crippen LogP contribution in [-0.2, 0) is 4.79 Å². The SMILES string of the molecule is Cc1nc(Cl)sc1C(=O)NC12CC3CC(CC(CC(=O)O)(C3)C1)C2. The standard InChI is InChI=1S/C17H21ClN2O3S/c1-9-13(24-15(18)19-9)14(23)20-17-5-10-2-11(6-17)4-16(3-10,8-17)7-12(21)22/h10-11H,2-8H2,1H3,(H,20,23)(H,21,22). The number of halogens is 1. The quantitative estimate of drug-likeness (QED) is 0.850. The van der Waals surface area contributed by atoms with Crippen LogP contribution in [0.2, 0.25) is 4.47 Å². The maximum atomic E-state index is 12.8. The van der Waals surface area contributed by atoms with E-state index in [4.69, 9.17) is 11.6 Å². The molecular formula is C17H21ClN2O3S. The number of carboxylic acid groups (broad SMARTS) is 1. The summed E-state index contributed by atoms with van der Waals surface area (Å²) >= 11 is 7.14. The molecule has 0 saturated heterocycles. The third kappa shape index (κ3) is 2.73. The molecule has 1 heterocycles. The molecule has 0 aliphatic heterocycles. The molecule has 0 spiro atoms. The Morgan fingerprint density at radius 1 is 1.33 bits per heavy atom. The first-order chi connectivity index (χ1) is 11.3. The average molecular weight is 369 g/mol. The van der Waals surface area contributed by atoms with Gasteiger partial charge in [-0.15, -0.1) is 0 Å². The number of carbonyl (C=O) groups is 2. The minimum Gasteiger partial charge on any atom is -0.481 e. The van der Waals surface area contributed by atoms with Crippen molar-refractivity contribution >= 4 is 34.8 Å². The predicted octanol–water partition coefficient (Wildman–Crippen LogP) is 3.65. The van der Waals surface area contributed by atoms with Gasteiger partial charge in [0.15, 0.2) is 4.47 Å². The number of carboxylic acids is 1. The third-order valence-corrected chi connectivity index (χ3v) is 7.32. The van der Waals surface area contributed by atoms with Gasteiger partial charge in [-0.3, -0.25) is 9.59 Å². The molecule has 7 heteroatoms. The summed E-state index contributed by atoms with van der Waals surface area (Å²) in [4.78, 5) is 28.8. The summed E-state index contributed by atoms with van der Waals surface area (Å²) in [7, 11) is 0. The van der Waals surface area contributed by atoms with Gasteiger partial charge in [0.25, 0.3) is 5.91 Å². The zero-order valence-corrected chi connectivity index (χ0v) is 15.2. The number of aryl methyl sites for hydroxylation is 1. The van der Waals surface area contributed by atoms with Crippen LogP contribution >= 0.6 is 22.9 Å². The molecule has 4 bridgehead atoms. The molecule has 24 heavy (non-hydrogen) atoms. The van der Waals surface area contributed by atoms with Gasteiger partial charge >= 0.3 is 5.97 Å². The second kappa shape index (κ2) is 5.43. The molecular weight excluding hydrogens is 348 g/mol. The molecule has 1 amide bonds. The van der Waals surface area contributed by atoms with Crippen LogP contribution in [0.4, 0.5) is 0 Å². The van der Waals surface area contributed by atoms with Gasteiger partial charge in [-0.2, -0.15) is 0 Å². The second-order valence-electron chi connectivity index (χ2n) is 8.15. The number of aliphatic carboxylic acids is 1. The van der Waals surface area contributed by atoms with E-state index in [0.717, 1.165) is 32.1 Å². The lowest BCUT2D eigenvalue weighted by atomic mass is 9.46. The highest BCUT2D eigenvalue weighted by atomic mass is 35.5. The van der Waals surface area contributed by atoms with Crippen LogP contribution < -0.4 is 5.32 Å². The zero-order valence-electron chi connectivity index (χ0n) is 13.6. The number of rotatable bonds is 4. The van der Waals surface area contributed by atoms with Crippen molar-refractivity contribution in [3.63, 3.8) is 0 Å². The minimum atomic E-state index is -0.719. The number of hydrogen-bond acceptors (Lipinski definition) is 4. The van der Waals surface area contributed by atoms with Crippen molar-refractivity contribution in [1.29, 1.82) is 0 Å². The monoisotopic (exact) mass is 368 g/mol. The maximum Gasteiger partial charge on any atom is 0.303 e. The van der Waals surface area contributed by atoms with Crippen molar-refractivity contribution in [2.45, 2.75) is 57.4 Å². The fraction of sp³-hybridized carbons (Fsp3) is 0.706. The Labute approximate surface area is 149 Å². The van der Waals surface area contributed by atoms with Gasteiger partial charge in [0.1, 0.15) is 4.88 Å². The molecule has 1 aromatic heterocycles. The van der Waals surface area contributed by atoms with Crippen LogP contribution in [0.3, 0.4) is 0 Å². The Bertz CT molecular complexity index is 703. The van der Waals surface area contributed by atoms with E-state index in [1.165, 1.54) is 17.8 Å². The first kappa shape index (κ1) is 16.3. The number of thiazole rings is 1. The third-order valence-electron chi connectivity index (χ3n) is 6.06. The van der Waals surface area contributed by atoms with Crippen molar-refractivity contribution in [1.82, 2.24) is 10.3 Å². The van der Waals surface area contributed by atoms with E-state index in [-0.39, 0.29) is 23.3 Å². The first-order valence-electron chi connectivity index (χ1n) is 8.45. The average Bonchev–Trinajstić information content (AvgIpc) is 2.74. The fourth-order valence-electron chi connectivity index (χ4n) is 6.00. The molecule has 4 aliphatic carbocycles. The Morgan fingerprint density at radius 2 is 2.00 bits per heavy atom. The summed E-state index contributed by atoms with van der Waals surface area (Å²) in [5, 5.41) is 12.6. The lowest BCUT2D eigenvalue weighted by Crippen LogP contribution is -2.63. The van der Waals surface area contributed by atoms with Crippen LogP contribution in [0.5, 0.6) is 0 Å². The summed E-state index contributed by atoms with van der Waals surface area (Å²) in [6.07, 6.45) is 6.14. The Kier molecular flexibility index (Phi) is 3.69. The number of carbonyl (C=O) groups excluding carboxylic acids is 1. The Balaban J connectivity index is 1.59. The van der Waals surface area contributed by atoms with Gasteiger partial charge in [-0.1, -0.05) is 22.9 Å². The molecule has 4 aliphatic rings. The van der Waals surface area contributed by atoms with Crippen molar-refractivity contribution in [2.24, 2.45) is 17.3 Å². The number of aromatic nitrogens is 1. The van der Waals surface area contributed by atoms with E-state index < -0.39 is 5.97 Å². The second-order valence-corrected chi connectivity index (χ2v) is 9.73. The molecule has 2 atom stereocenters. The molecule has 0 radical (unpaired) electrons. The van der Waals surface area contributed by atoms with Gasteiger partial charge in [0.05, 0.1) is 12.1 Å². The van der Waals surface area contributed by atoms with Crippen molar-refractivity contribution < 1.29 is 14.7 Å². The normalized spacial score (nSPS) is 36.8. The Hall–Kier alpha value is -1.14. The topological polar surface area (TPSA) is 79.3 Å². The van der Waals surface area contributed by atoms with Crippen LogP contribution in [0.15, 0.2) is 0 Å². The molecule has 4 saturated carbocycles. The maximum absolute atomic E-state index is 12.8. The number of hydrogen-bond donors (Lipinski definition) is 2. The fourth-order valence-corrected chi connectivity index (χ4v) is 7.04. The molecule has 1 aromatic rings. The largest absolute Gasteiger partial charge is 0.481 e. The van der Waals surface area contributed by atoms with Gasteiger partial charge < -0.3 is 10.4 Å². The van der Waals surface area contributed by atoms with E-state index in [1.54, 1.807) is 6.92 Å². The van der Waals surface area contributed by atoms with Gasteiger partial charge in [0.2, 0.25) is 0 Å². The van der Waals surface area contributed by atoms with Crippen LogP contribution in [0.1, 0.15) is 60.3 Å². The summed E-state index contributed by atoms with van der Waals surface area (Å²) in [6.45, 7) is 1.79.